The van der Waals surface area contributed by atoms with Gasteiger partial charge in [-0.2, -0.15) is 9.78 Å². The van der Waals surface area contributed by atoms with Gasteiger partial charge in [-0.05, 0) is 32.1 Å². The highest BCUT2D eigenvalue weighted by atomic mass is 17.6. The lowest BCUT2D eigenvalue weighted by molar-refractivity contribution is -0.691. The summed E-state index contributed by atoms with van der Waals surface area (Å²) in [5.41, 5.74) is 0. The average Bonchev–Trinajstić information content (AvgIpc) is 2.45. The first-order valence-corrected chi connectivity index (χ1v) is 9.07. The van der Waals surface area contributed by atoms with Gasteiger partial charge in [0, 0.05) is 6.42 Å². The van der Waals surface area contributed by atoms with Gasteiger partial charge in [0.2, 0.25) is 6.29 Å². The molecule has 0 radical (unpaired) electrons. The van der Waals surface area contributed by atoms with E-state index in [1.165, 1.54) is 83.5 Å². The Hall–Kier alpha value is -0.380. The van der Waals surface area contributed by atoms with Crippen molar-refractivity contribution >= 4 is 0 Å². The fourth-order valence-corrected chi connectivity index (χ4v) is 2.57. The van der Waals surface area contributed by atoms with Crippen molar-refractivity contribution in [2.24, 2.45) is 0 Å². The molecule has 124 valence electrons. The molecule has 1 aliphatic rings. The largest absolute Gasteiger partial charge is 0.230 e. The molecule has 0 aromatic rings. The Balaban J connectivity index is 1.68. The predicted octanol–water partition coefficient (Wildman–Crippen LogP) is 6.24. The quantitative estimate of drug-likeness (QED) is 0.203. The first kappa shape index (κ1) is 18.7. The van der Waals surface area contributed by atoms with Crippen LogP contribution < -0.4 is 0 Å². The van der Waals surface area contributed by atoms with Gasteiger partial charge in [-0.1, -0.05) is 75.5 Å². The van der Waals surface area contributed by atoms with E-state index in [0.717, 1.165) is 6.42 Å². The van der Waals surface area contributed by atoms with Crippen LogP contribution in [-0.4, -0.2) is 6.29 Å². The van der Waals surface area contributed by atoms with Gasteiger partial charge in [0.1, 0.15) is 0 Å². The molecule has 3 nitrogen and oxygen atoms in total. The molecule has 0 aromatic heterocycles. The molecule has 0 bridgehead atoms. The summed E-state index contributed by atoms with van der Waals surface area (Å²) in [4.78, 5) is 9.44. The third-order valence-corrected chi connectivity index (χ3v) is 3.99. The number of hydrogen-bond acceptors (Lipinski definition) is 3. The molecular weight excluding hydrogens is 264 g/mol. The second-order valence-electron chi connectivity index (χ2n) is 6.06. The van der Waals surface area contributed by atoms with Crippen LogP contribution >= 0.6 is 0 Å². The van der Waals surface area contributed by atoms with Crippen LogP contribution in [0.5, 0.6) is 0 Å². The summed E-state index contributed by atoms with van der Waals surface area (Å²) in [6.07, 6.45) is 22.9. The molecule has 21 heavy (non-hydrogen) atoms. The van der Waals surface area contributed by atoms with Gasteiger partial charge in [-0.3, -0.25) is 0 Å². The standard InChI is InChI=1S/C18H34O3/c1-2-3-4-5-6-7-8-9-10-11-12-13-14-15-16-17-18-19-21-20-18/h9-10,18H,2-8,11-17H2,1H3/b10-9+. The Kier molecular flexibility index (Phi) is 12.9. The molecule has 0 saturated carbocycles. The van der Waals surface area contributed by atoms with E-state index in [0.29, 0.717) is 0 Å². The lowest BCUT2D eigenvalue weighted by Gasteiger charge is -2.21. The zero-order valence-corrected chi connectivity index (χ0v) is 13.9. The zero-order chi connectivity index (χ0) is 15.0. The third-order valence-electron chi connectivity index (χ3n) is 3.99. The van der Waals surface area contributed by atoms with Crippen molar-refractivity contribution in [3.8, 4) is 0 Å². The maximum atomic E-state index is 4.72. The number of unbranched alkanes of at least 4 members (excludes halogenated alkanes) is 11. The van der Waals surface area contributed by atoms with Crippen LogP contribution in [0.4, 0.5) is 0 Å². The van der Waals surface area contributed by atoms with Crippen molar-refractivity contribution in [3.63, 3.8) is 0 Å². The monoisotopic (exact) mass is 298 g/mol. The van der Waals surface area contributed by atoms with E-state index in [2.05, 4.69) is 24.1 Å². The molecule has 0 amide bonds. The first-order chi connectivity index (χ1) is 10.4. The Morgan fingerprint density at radius 1 is 0.667 bits per heavy atom. The summed E-state index contributed by atoms with van der Waals surface area (Å²) in [7, 11) is 0. The van der Waals surface area contributed by atoms with Gasteiger partial charge in [-0.25, -0.2) is 0 Å². The van der Waals surface area contributed by atoms with E-state index in [4.69, 9.17) is 9.78 Å². The van der Waals surface area contributed by atoms with E-state index in [-0.39, 0.29) is 6.29 Å². The Labute approximate surface area is 130 Å². The van der Waals surface area contributed by atoms with Gasteiger partial charge < -0.3 is 0 Å². The third kappa shape index (κ3) is 11.9. The Morgan fingerprint density at radius 2 is 1.19 bits per heavy atom. The smallest absolute Gasteiger partial charge is 0.171 e. The highest BCUT2D eigenvalue weighted by Crippen LogP contribution is 2.17. The molecule has 1 rings (SSSR count). The van der Waals surface area contributed by atoms with Crippen LogP contribution in [0.25, 0.3) is 0 Å². The van der Waals surface area contributed by atoms with Crippen molar-refractivity contribution in [1.29, 1.82) is 0 Å². The molecular formula is C18H34O3. The van der Waals surface area contributed by atoms with Crippen LogP contribution in [0.2, 0.25) is 0 Å². The van der Waals surface area contributed by atoms with Crippen LogP contribution in [0, 0.1) is 0 Å². The van der Waals surface area contributed by atoms with Gasteiger partial charge >= 0.3 is 0 Å². The minimum atomic E-state index is -0.102. The summed E-state index contributed by atoms with van der Waals surface area (Å²) in [6.45, 7) is 2.27. The topological polar surface area (TPSA) is 27.7 Å². The van der Waals surface area contributed by atoms with E-state index in [1.807, 2.05) is 0 Å². The molecule has 0 atom stereocenters. The average molecular weight is 298 g/mol. The summed E-state index contributed by atoms with van der Waals surface area (Å²) in [5, 5.41) is 4.20. The lowest BCUT2D eigenvalue weighted by atomic mass is 10.1. The molecule has 0 unspecified atom stereocenters. The van der Waals surface area contributed by atoms with Crippen LogP contribution in [-0.2, 0) is 14.8 Å². The van der Waals surface area contributed by atoms with Crippen molar-refractivity contribution in [1.82, 2.24) is 0 Å². The molecule has 0 N–H and O–H groups in total. The van der Waals surface area contributed by atoms with Gasteiger partial charge in [0.25, 0.3) is 0 Å². The van der Waals surface area contributed by atoms with Crippen molar-refractivity contribution in [2.45, 2.75) is 103 Å². The fraction of sp³-hybridized carbons (Fsp3) is 0.889. The second kappa shape index (κ2) is 14.6. The molecule has 1 aliphatic heterocycles. The fourth-order valence-electron chi connectivity index (χ4n) is 2.57. The normalized spacial score (nSPS) is 15.7. The van der Waals surface area contributed by atoms with E-state index >= 15 is 0 Å². The van der Waals surface area contributed by atoms with Crippen LogP contribution in [0.1, 0.15) is 96.8 Å². The summed E-state index contributed by atoms with van der Waals surface area (Å²) < 4.78 is 0. The predicted molar refractivity (Wildman–Crippen MR) is 86.5 cm³/mol. The minimum absolute atomic E-state index is 0.102. The molecule has 1 fully saturated rings. The summed E-state index contributed by atoms with van der Waals surface area (Å²) >= 11 is 0. The van der Waals surface area contributed by atoms with Crippen LogP contribution in [0.15, 0.2) is 12.2 Å². The van der Waals surface area contributed by atoms with Gasteiger partial charge in [0.05, 0.1) is 0 Å². The maximum Gasteiger partial charge on any atom is 0.230 e. The number of allylic oxidation sites excluding steroid dienone is 2. The minimum Gasteiger partial charge on any atom is -0.171 e. The Morgan fingerprint density at radius 3 is 1.71 bits per heavy atom. The van der Waals surface area contributed by atoms with Gasteiger partial charge in [-0.15, -0.1) is 0 Å². The molecule has 0 aliphatic carbocycles. The van der Waals surface area contributed by atoms with E-state index in [1.54, 1.807) is 0 Å². The van der Waals surface area contributed by atoms with E-state index < -0.39 is 0 Å². The van der Waals surface area contributed by atoms with Gasteiger partial charge in [0.15, 0.2) is 0 Å². The lowest BCUT2D eigenvalue weighted by Crippen LogP contribution is -2.27. The molecule has 1 heterocycles. The van der Waals surface area contributed by atoms with Crippen molar-refractivity contribution in [3.05, 3.63) is 12.2 Å². The summed E-state index contributed by atoms with van der Waals surface area (Å²) in [5.74, 6) is 0. The van der Waals surface area contributed by atoms with Crippen LogP contribution in [0.3, 0.4) is 0 Å². The Bertz CT molecular complexity index is 237. The highest BCUT2D eigenvalue weighted by Gasteiger charge is 2.21. The second-order valence-corrected chi connectivity index (χ2v) is 6.06. The molecule has 3 heteroatoms. The van der Waals surface area contributed by atoms with Crippen molar-refractivity contribution in [2.75, 3.05) is 0 Å². The van der Waals surface area contributed by atoms with Crippen molar-refractivity contribution < 1.29 is 14.8 Å². The van der Waals surface area contributed by atoms with E-state index in [9.17, 15) is 0 Å². The zero-order valence-electron chi connectivity index (χ0n) is 13.9. The maximum absolute atomic E-state index is 4.72. The SMILES string of the molecule is CCCCCCCC/C=C/CCCCCCCC1OOO1. The molecule has 1 saturated heterocycles. The molecule has 0 spiro atoms. The molecule has 0 aromatic carbocycles. The highest BCUT2D eigenvalue weighted by molar-refractivity contribution is 4.81. The number of rotatable bonds is 15. The summed E-state index contributed by atoms with van der Waals surface area (Å²) in [6, 6.07) is 0. The number of hydrogen-bond donors (Lipinski definition) is 0. The first-order valence-electron chi connectivity index (χ1n) is 9.07.